The largest absolute Gasteiger partial charge is 0.467 e. The van der Waals surface area contributed by atoms with Crippen LogP contribution in [0.3, 0.4) is 0 Å². The molecule has 0 bridgehead atoms. The van der Waals surface area contributed by atoms with Crippen molar-refractivity contribution in [3.63, 3.8) is 0 Å². The number of anilines is 3. The first-order valence-corrected chi connectivity index (χ1v) is 11.5. The maximum absolute atomic E-state index is 13.1. The summed E-state index contributed by atoms with van der Waals surface area (Å²) in [5.41, 5.74) is 3.00. The van der Waals surface area contributed by atoms with E-state index in [1.54, 1.807) is 79.1 Å². The van der Waals surface area contributed by atoms with Crippen molar-refractivity contribution in [2.24, 2.45) is 5.10 Å². The Hall–Kier alpha value is -5.16. The van der Waals surface area contributed by atoms with Crippen LogP contribution in [0.25, 0.3) is 0 Å². The van der Waals surface area contributed by atoms with E-state index < -0.39 is 0 Å². The number of nitrogens with one attached hydrogen (secondary N) is 1. The van der Waals surface area contributed by atoms with Crippen LogP contribution in [-0.2, 0) is 11.3 Å². The van der Waals surface area contributed by atoms with Gasteiger partial charge in [0.25, 0.3) is 5.91 Å². The monoisotopic (exact) mass is 491 g/mol. The van der Waals surface area contributed by atoms with Crippen LogP contribution in [0.2, 0.25) is 0 Å². The Morgan fingerprint density at radius 3 is 2.57 bits per heavy atom. The number of para-hydroxylation sites is 1. The Labute approximate surface area is 215 Å². The average Bonchev–Trinajstić information content (AvgIpc) is 3.43. The summed E-state index contributed by atoms with van der Waals surface area (Å²) in [5.74, 6) is 6.54. The highest BCUT2D eigenvalue weighted by Gasteiger charge is 2.18. The molecule has 184 valence electrons. The van der Waals surface area contributed by atoms with Crippen molar-refractivity contribution in [2.75, 3.05) is 17.3 Å². The van der Waals surface area contributed by atoms with Crippen LogP contribution in [0.15, 0.2) is 94.8 Å². The van der Waals surface area contributed by atoms with Gasteiger partial charge in [-0.25, -0.2) is 4.98 Å². The molecule has 0 saturated carbocycles. The Morgan fingerprint density at radius 2 is 1.89 bits per heavy atom. The molecule has 0 spiro atoms. The fraction of sp³-hybridized carbons (Fsp3) is 0.103. The van der Waals surface area contributed by atoms with E-state index in [1.807, 2.05) is 31.3 Å². The van der Waals surface area contributed by atoms with E-state index in [0.29, 0.717) is 35.7 Å². The number of carbonyl (C=O) groups is 2. The SMILES string of the molecule is CC#Cc1ccc(NC(=O)c2ccccc2N(C=O)c2ccc(C=NN(C)Cc3ccco3)cc2)nc1. The van der Waals surface area contributed by atoms with E-state index >= 15 is 0 Å². The van der Waals surface area contributed by atoms with Gasteiger partial charge in [-0.2, -0.15) is 5.10 Å². The third kappa shape index (κ3) is 6.50. The first kappa shape index (κ1) is 24.9. The summed E-state index contributed by atoms with van der Waals surface area (Å²) in [6.07, 6.45) is 5.63. The molecule has 4 rings (SSSR count). The van der Waals surface area contributed by atoms with Gasteiger partial charge in [0.15, 0.2) is 0 Å². The zero-order valence-electron chi connectivity index (χ0n) is 20.5. The maximum Gasteiger partial charge on any atom is 0.258 e. The molecule has 0 fully saturated rings. The van der Waals surface area contributed by atoms with Gasteiger partial charge >= 0.3 is 0 Å². The average molecular weight is 492 g/mol. The predicted octanol–water partition coefficient (Wildman–Crippen LogP) is 5.06. The molecule has 1 N–H and O–H groups in total. The van der Waals surface area contributed by atoms with Crippen LogP contribution in [0.5, 0.6) is 0 Å². The van der Waals surface area contributed by atoms with Crippen molar-refractivity contribution in [1.82, 2.24) is 9.99 Å². The fourth-order valence-corrected chi connectivity index (χ4v) is 3.56. The van der Waals surface area contributed by atoms with E-state index in [9.17, 15) is 9.59 Å². The molecule has 2 heterocycles. The Bertz CT molecular complexity index is 1430. The number of nitrogens with zero attached hydrogens (tertiary/aromatic N) is 4. The normalized spacial score (nSPS) is 10.4. The van der Waals surface area contributed by atoms with Gasteiger partial charge in [-0.05, 0) is 61.0 Å². The second kappa shape index (κ2) is 12.0. The van der Waals surface area contributed by atoms with Crippen LogP contribution in [0.4, 0.5) is 17.2 Å². The van der Waals surface area contributed by atoms with Crippen LogP contribution in [-0.4, -0.2) is 35.6 Å². The minimum atomic E-state index is -0.382. The van der Waals surface area contributed by atoms with Crippen molar-refractivity contribution in [2.45, 2.75) is 13.5 Å². The van der Waals surface area contributed by atoms with E-state index in [0.717, 1.165) is 16.9 Å². The van der Waals surface area contributed by atoms with E-state index in [2.05, 4.69) is 27.2 Å². The van der Waals surface area contributed by atoms with Crippen LogP contribution in [0, 0.1) is 11.8 Å². The number of amides is 2. The summed E-state index contributed by atoms with van der Waals surface area (Å²) < 4.78 is 5.34. The Balaban J connectivity index is 1.49. The third-order valence-electron chi connectivity index (χ3n) is 5.33. The number of carbonyl (C=O) groups excluding carboxylic acids is 2. The quantitative estimate of drug-likeness (QED) is 0.153. The molecule has 0 atom stereocenters. The summed E-state index contributed by atoms with van der Waals surface area (Å²) >= 11 is 0. The van der Waals surface area contributed by atoms with E-state index in [1.165, 1.54) is 4.90 Å². The van der Waals surface area contributed by atoms with Crippen LogP contribution < -0.4 is 10.2 Å². The molecule has 2 aromatic heterocycles. The number of hydrogen-bond donors (Lipinski definition) is 1. The zero-order valence-corrected chi connectivity index (χ0v) is 20.5. The van der Waals surface area contributed by atoms with Gasteiger partial charge in [0.05, 0.1) is 30.3 Å². The van der Waals surface area contributed by atoms with Crippen molar-refractivity contribution >= 4 is 35.7 Å². The Kier molecular flexibility index (Phi) is 8.09. The number of pyridine rings is 1. The van der Waals surface area contributed by atoms with E-state index in [-0.39, 0.29) is 5.91 Å². The molecule has 0 saturated heterocycles. The van der Waals surface area contributed by atoms with Crippen LogP contribution >= 0.6 is 0 Å². The molecular formula is C29H25N5O3. The number of hydrogen-bond acceptors (Lipinski definition) is 6. The molecule has 37 heavy (non-hydrogen) atoms. The number of furan rings is 1. The lowest BCUT2D eigenvalue weighted by atomic mass is 10.1. The van der Waals surface area contributed by atoms with Gasteiger partial charge in [0.2, 0.25) is 6.41 Å². The van der Waals surface area contributed by atoms with Gasteiger partial charge in [-0.15, -0.1) is 5.92 Å². The topological polar surface area (TPSA) is 91.0 Å². The second-order valence-corrected chi connectivity index (χ2v) is 7.99. The van der Waals surface area contributed by atoms with E-state index in [4.69, 9.17) is 4.42 Å². The highest BCUT2D eigenvalue weighted by atomic mass is 16.3. The van der Waals surface area contributed by atoms with Crippen LogP contribution in [0.1, 0.15) is 34.2 Å². The number of rotatable bonds is 9. The lowest BCUT2D eigenvalue weighted by molar-refractivity contribution is -0.106. The highest BCUT2D eigenvalue weighted by Crippen LogP contribution is 2.28. The van der Waals surface area contributed by atoms with Gasteiger partial charge < -0.3 is 9.73 Å². The predicted molar refractivity (Wildman–Crippen MR) is 144 cm³/mol. The molecule has 0 aliphatic heterocycles. The van der Waals surface area contributed by atoms with Gasteiger partial charge in [-0.1, -0.05) is 30.2 Å². The third-order valence-corrected chi connectivity index (χ3v) is 5.33. The van der Waals surface area contributed by atoms with Crippen molar-refractivity contribution in [1.29, 1.82) is 0 Å². The molecule has 2 aromatic carbocycles. The first-order chi connectivity index (χ1) is 18.1. The molecule has 0 aliphatic rings. The summed E-state index contributed by atoms with van der Waals surface area (Å²) in [7, 11) is 1.85. The standard InChI is InChI=1S/C29H25N5O3/c1-3-7-22-13-16-28(30-18-22)32-29(36)26-9-4-5-10-27(26)34(21-35)24-14-11-23(12-15-24)19-31-33(2)20-25-8-6-17-37-25/h4-6,8-19,21H,20H2,1-2H3,(H,30,32,36). The summed E-state index contributed by atoms with van der Waals surface area (Å²) in [5, 5.41) is 8.96. The van der Waals surface area contributed by atoms with Crippen molar-refractivity contribution < 1.29 is 14.0 Å². The number of benzene rings is 2. The summed E-state index contributed by atoms with van der Waals surface area (Å²) in [4.78, 5) is 30.8. The minimum absolute atomic E-state index is 0.332. The van der Waals surface area contributed by atoms with Gasteiger partial charge in [-0.3, -0.25) is 19.5 Å². The number of hydrazone groups is 1. The Morgan fingerprint density at radius 1 is 1.08 bits per heavy atom. The molecular weight excluding hydrogens is 466 g/mol. The summed E-state index contributed by atoms with van der Waals surface area (Å²) in [6, 6.07) is 21.4. The van der Waals surface area contributed by atoms with Gasteiger partial charge in [0.1, 0.15) is 11.6 Å². The first-order valence-electron chi connectivity index (χ1n) is 11.5. The molecule has 0 radical (unpaired) electrons. The molecule has 0 unspecified atom stereocenters. The summed E-state index contributed by atoms with van der Waals surface area (Å²) in [6.45, 7) is 2.29. The fourth-order valence-electron chi connectivity index (χ4n) is 3.56. The molecule has 2 amide bonds. The number of aromatic nitrogens is 1. The van der Waals surface area contributed by atoms with Gasteiger partial charge in [0, 0.05) is 24.5 Å². The second-order valence-electron chi connectivity index (χ2n) is 7.99. The zero-order chi connectivity index (χ0) is 26.0. The lowest BCUT2D eigenvalue weighted by Crippen LogP contribution is -2.21. The van der Waals surface area contributed by atoms with Crippen molar-refractivity contribution in [3.8, 4) is 11.8 Å². The molecule has 0 aliphatic carbocycles. The highest BCUT2D eigenvalue weighted by molar-refractivity contribution is 6.10. The molecule has 8 nitrogen and oxygen atoms in total. The smallest absolute Gasteiger partial charge is 0.258 e. The molecule has 4 aromatic rings. The lowest BCUT2D eigenvalue weighted by Gasteiger charge is -2.20. The maximum atomic E-state index is 13.1. The molecule has 8 heteroatoms. The van der Waals surface area contributed by atoms with Crippen molar-refractivity contribution in [3.05, 3.63) is 108 Å². The minimum Gasteiger partial charge on any atom is -0.467 e.